The molecular weight excluding hydrogens is 435 g/mol. The van der Waals surface area contributed by atoms with E-state index < -0.39 is 5.82 Å². The molecule has 1 aliphatic heterocycles. The largest absolute Gasteiger partial charge is 0.490 e. The van der Waals surface area contributed by atoms with Crippen LogP contribution in [0.25, 0.3) is 10.8 Å². The molecule has 1 amide bonds. The Morgan fingerprint density at radius 3 is 2.62 bits per heavy atom. The number of amides is 1. The number of aromatic nitrogens is 2. The van der Waals surface area contributed by atoms with Gasteiger partial charge in [0, 0.05) is 30.9 Å². The number of likely N-dealkylation sites (N-methyl/N-ethyl adjacent to an activating group) is 1. The van der Waals surface area contributed by atoms with E-state index in [1.165, 1.54) is 12.5 Å². The fraction of sp³-hybridized carbons (Fsp3) is 0.423. The number of hydrogen-bond donors (Lipinski definition) is 2. The van der Waals surface area contributed by atoms with E-state index >= 15 is 0 Å². The number of nitrogens with zero attached hydrogens (tertiary/aromatic N) is 2. The third kappa shape index (κ3) is 4.82. The molecule has 0 bridgehead atoms. The van der Waals surface area contributed by atoms with Crippen LogP contribution in [0, 0.1) is 5.82 Å². The minimum atomic E-state index is -0.540. The monoisotopic (exact) mass is 466 g/mol. The maximum absolute atomic E-state index is 14.4. The van der Waals surface area contributed by atoms with Gasteiger partial charge in [-0.15, -0.1) is 0 Å². The summed E-state index contributed by atoms with van der Waals surface area (Å²) in [5, 5.41) is 11.1. The smallest absolute Gasteiger partial charge is 0.272 e. The molecule has 0 spiro atoms. The van der Waals surface area contributed by atoms with Gasteiger partial charge in [-0.1, -0.05) is 19.9 Å². The van der Waals surface area contributed by atoms with Gasteiger partial charge < -0.3 is 15.0 Å². The number of fused-ring (bicyclic) bond motifs is 1. The quantitative estimate of drug-likeness (QED) is 0.579. The highest BCUT2D eigenvalue weighted by Crippen LogP contribution is 2.28. The summed E-state index contributed by atoms with van der Waals surface area (Å²) in [5.41, 5.74) is 1.17. The number of carbonyl (C=O) groups excluding carboxylic acids is 1. The zero-order valence-corrected chi connectivity index (χ0v) is 19.9. The van der Waals surface area contributed by atoms with Gasteiger partial charge in [-0.25, -0.2) is 9.49 Å². The number of hydrogen-bond acceptors (Lipinski definition) is 5. The number of benzene rings is 2. The molecule has 3 aromatic rings. The van der Waals surface area contributed by atoms with Crippen LogP contribution in [0.1, 0.15) is 54.7 Å². The van der Waals surface area contributed by atoms with Crippen molar-refractivity contribution in [1.29, 1.82) is 0 Å². The summed E-state index contributed by atoms with van der Waals surface area (Å²) in [6.45, 7) is 5.13. The Labute approximate surface area is 198 Å². The maximum atomic E-state index is 14.4. The average molecular weight is 467 g/mol. The third-order valence-electron chi connectivity index (χ3n) is 6.40. The first kappa shape index (κ1) is 23.9. The molecule has 2 fully saturated rings. The highest BCUT2D eigenvalue weighted by molar-refractivity contribution is 5.95. The van der Waals surface area contributed by atoms with Crippen LogP contribution in [0.2, 0.25) is 0 Å². The van der Waals surface area contributed by atoms with Crippen molar-refractivity contribution in [2.75, 3.05) is 20.1 Å². The number of likely N-dealkylation sites (tertiary alicyclic amines) is 1. The van der Waals surface area contributed by atoms with Crippen molar-refractivity contribution in [3.8, 4) is 5.75 Å². The second kappa shape index (κ2) is 10.3. The van der Waals surface area contributed by atoms with Crippen LogP contribution in [-0.4, -0.2) is 53.3 Å². The first-order valence-electron chi connectivity index (χ1n) is 11.9. The first-order valence-corrected chi connectivity index (χ1v) is 11.9. The predicted octanol–water partition coefficient (Wildman–Crippen LogP) is 3.65. The van der Waals surface area contributed by atoms with Gasteiger partial charge in [0.1, 0.15) is 11.6 Å². The summed E-state index contributed by atoms with van der Waals surface area (Å²) in [6, 6.07) is 10.2. The molecule has 7 nitrogen and oxygen atoms in total. The van der Waals surface area contributed by atoms with Crippen LogP contribution in [0.3, 0.4) is 0 Å². The Morgan fingerprint density at radius 2 is 1.94 bits per heavy atom. The Kier molecular flexibility index (Phi) is 7.26. The molecule has 2 aromatic carbocycles. The second-order valence-corrected chi connectivity index (χ2v) is 8.56. The number of aromatic amines is 1. The predicted molar refractivity (Wildman–Crippen MR) is 130 cm³/mol. The van der Waals surface area contributed by atoms with Gasteiger partial charge in [0.05, 0.1) is 22.7 Å². The molecule has 2 aliphatic rings. The first-order chi connectivity index (χ1) is 16.5. The molecule has 5 rings (SSSR count). The van der Waals surface area contributed by atoms with E-state index in [4.69, 9.17) is 4.74 Å². The van der Waals surface area contributed by atoms with Gasteiger partial charge in [-0.3, -0.25) is 9.59 Å². The minimum Gasteiger partial charge on any atom is -0.490 e. The van der Waals surface area contributed by atoms with E-state index in [0.29, 0.717) is 41.7 Å². The van der Waals surface area contributed by atoms with Crippen molar-refractivity contribution >= 4 is 16.7 Å². The minimum absolute atomic E-state index is 0.0554. The fourth-order valence-corrected chi connectivity index (χ4v) is 4.12. The lowest BCUT2D eigenvalue weighted by atomic mass is 9.96. The summed E-state index contributed by atoms with van der Waals surface area (Å²) in [7, 11) is 1.85. The van der Waals surface area contributed by atoms with Crippen molar-refractivity contribution in [1.82, 2.24) is 20.4 Å². The van der Waals surface area contributed by atoms with Crippen LogP contribution in [0.15, 0.2) is 41.2 Å². The molecule has 1 aliphatic carbocycles. The number of halogens is 1. The Balaban J connectivity index is 0.00000133. The van der Waals surface area contributed by atoms with Crippen molar-refractivity contribution in [2.24, 2.45) is 0 Å². The van der Waals surface area contributed by atoms with Gasteiger partial charge in [0.25, 0.3) is 11.5 Å². The van der Waals surface area contributed by atoms with E-state index in [1.54, 1.807) is 29.2 Å². The number of carbonyl (C=O) groups is 1. The van der Waals surface area contributed by atoms with Crippen LogP contribution in [0.4, 0.5) is 4.39 Å². The molecule has 2 N–H and O–H groups in total. The van der Waals surface area contributed by atoms with E-state index in [0.717, 1.165) is 18.4 Å². The lowest BCUT2D eigenvalue weighted by Gasteiger charge is -2.39. The fourth-order valence-electron chi connectivity index (χ4n) is 4.12. The van der Waals surface area contributed by atoms with Crippen LogP contribution >= 0.6 is 0 Å². The third-order valence-corrected chi connectivity index (χ3v) is 6.40. The molecule has 1 aromatic heterocycles. The van der Waals surface area contributed by atoms with Crippen molar-refractivity contribution in [2.45, 2.75) is 51.7 Å². The summed E-state index contributed by atoms with van der Waals surface area (Å²) in [4.78, 5) is 26.6. The molecule has 1 saturated carbocycles. The summed E-state index contributed by atoms with van der Waals surface area (Å²) in [5.74, 6) is -0.142. The van der Waals surface area contributed by atoms with Crippen LogP contribution in [0.5, 0.6) is 5.75 Å². The molecule has 0 atom stereocenters. The Bertz CT molecular complexity index is 1230. The summed E-state index contributed by atoms with van der Waals surface area (Å²) >= 11 is 0. The molecule has 8 heteroatoms. The summed E-state index contributed by atoms with van der Waals surface area (Å²) in [6.07, 6.45) is 3.82. The Hall–Kier alpha value is -3.26. The second-order valence-electron chi connectivity index (χ2n) is 8.56. The van der Waals surface area contributed by atoms with E-state index in [1.807, 2.05) is 27.0 Å². The molecular formula is C26H31FN4O3. The van der Waals surface area contributed by atoms with Gasteiger partial charge >= 0.3 is 0 Å². The highest BCUT2D eigenvalue weighted by Gasteiger charge is 2.31. The molecule has 0 radical (unpaired) electrons. The van der Waals surface area contributed by atoms with Gasteiger partial charge in [0.2, 0.25) is 0 Å². The average Bonchev–Trinajstić information content (AvgIpc) is 2.80. The van der Waals surface area contributed by atoms with E-state index in [-0.39, 0.29) is 29.2 Å². The lowest BCUT2D eigenvalue weighted by Crippen LogP contribution is -2.59. The number of rotatable bonds is 6. The number of nitrogens with one attached hydrogen (secondary N) is 2. The summed E-state index contributed by atoms with van der Waals surface area (Å²) < 4.78 is 20.4. The van der Waals surface area contributed by atoms with Crippen LogP contribution < -0.4 is 15.6 Å². The topological polar surface area (TPSA) is 87.3 Å². The van der Waals surface area contributed by atoms with Gasteiger partial charge in [-0.05, 0) is 62.2 Å². The lowest BCUT2D eigenvalue weighted by molar-refractivity contribution is 0.0572. The maximum Gasteiger partial charge on any atom is 0.272 e. The zero-order chi connectivity index (χ0) is 24.2. The van der Waals surface area contributed by atoms with Crippen molar-refractivity contribution in [3.63, 3.8) is 0 Å². The van der Waals surface area contributed by atoms with E-state index in [9.17, 15) is 14.0 Å². The standard InChI is InChI=1S/C24H25FN4O3.C2H6/c1-26-15-12-29(13-15)24(31)20-9-14(5-8-21(20)25)10-22-19-11-17(32-16-3-2-4-16)6-7-18(19)23(30)28-27-22;1-2/h5-9,11,15-16,26H,2-4,10,12-13H2,1H3,(H,28,30);1-2H3. The Morgan fingerprint density at radius 1 is 1.18 bits per heavy atom. The molecule has 180 valence electrons. The molecule has 0 unspecified atom stereocenters. The molecule has 2 heterocycles. The zero-order valence-electron chi connectivity index (χ0n) is 19.9. The normalized spacial score (nSPS) is 15.8. The number of H-pyrrole nitrogens is 1. The number of ether oxygens (including phenoxy) is 1. The van der Waals surface area contributed by atoms with Crippen molar-refractivity contribution < 1.29 is 13.9 Å². The van der Waals surface area contributed by atoms with Gasteiger partial charge in [-0.2, -0.15) is 5.10 Å². The molecule has 1 saturated heterocycles. The van der Waals surface area contributed by atoms with Crippen molar-refractivity contribution in [3.05, 3.63) is 69.4 Å². The highest BCUT2D eigenvalue weighted by atomic mass is 19.1. The SMILES string of the molecule is CC.CNC1CN(C(=O)c2cc(Cc3n[nH]c(=O)c4ccc(OC5CCC5)cc34)ccc2F)C1. The molecule has 34 heavy (non-hydrogen) atoms. The van der Waals surface area contributed by atoms with E-state index in [2.05, 4.69) is 15.5 Å². The van der Waals surface area contributed by atoms with Crippen LogP contribution in [-0.2, 0) is 6.42 Å². The van der Waals surface area contributed by atoms with Gasteiger partial charge in [0.15, 0.2) is 0 Å².